The number of aliphatic hydroxyl groups excluding tert-OH is 1. The molecule has 188 valence electrons. The Labute approximate surface area is 215 Å². The van der Waals surface area contributed by atoms with Crippen molar-refractivity contribution in [2.24, 2.45) is 11.8 Å². The predicted molar refractivity (Wildman–Crippen MR) is 139 cm³/mol. The number of carbonyl (C=O) groups excluding carboxylic acids is 3. The molecular formula is C26H32ClN3O4S. The summed E-state index contributed by atoms with van der Waals surface area (Å²) in [4.78, 5) is 46.4. The van der Waals surface area contributed by atoms with Crippen molar-refractivity contribution in [2.45, 2.75) is 41.8 Å². The molecule has 6 atom stereocenters. The maximum atomic E-state index is 14.3. The minimum atomic E-state index is -0.823. The predicted octanol–water partition coefficient (Wildman–Crippen LogP) is 2.98. The van der Waals surface area contributed by atoms with Gasteiger partial charge in [-0.25, -0.2) is 0 Å². The number of amides is 3. The lowest BCUT2D eigenvalue weighted by atomic mass is 9.70. The summed E-state index contributed by atoms with van der Waals surface area (Å²) in [6.07, 6.45) is 4.70. The van der Waals surface area contributed by atoms with E-state index in [0.717, 1.165) is 6.42 Å². The quantitative estimate of drug-likeness (QED) is 0.509. The van der Waals surface area contributed by atoms with E-state index in [0.29, 0.717) is 23.7 Å². The summed E-state index contributed by atoms with van der Waals surface area (Å²) in [6.45, 7) is 9.59. The third kappa shape index (κ3) is 3.99. The first kappa shape index (κ1) is 25.8. The zero-order valence-corrected chi connectivity index (χ0v) is 21.7. The second-order valence-electron chi connectivity index (χ2n) is 9.53. The van der Waals surface area contributed by atoms with Crippen LogP contribution in [0.25, 0.3) is 0 Å². The molecule has 0 saturated carbocycles. The molecule has 2 bridgehead atoms. The van der Waals surface area contributed by atoms with Crippen molar-refractivity contribution in [1.29, 1.82) is 0 Å². The number of rotatable bonds is 9. The van der Waals surface area contributed by atoms with Gasteiger partial charge in [0.05, 0.1) is 39.9 Å². The molecule has 1 spiro atoms. The molecule has 3 amide bonds. The summed E-state index contributed by atoms with van der Waals surface area (Å²) < 4.78 is -0.738. The molecule has 1 N–H and O–H groups in total. The Balaban J connectivity index is 1.80. The van der Waals surface area contributed by atoms with Gasteiger partial charge in [-0.3, -0.25) is 14.4 Å². The lowest BCUT2D eigenvalue weighted by Crippen LogP contribution is -2.57. The van der Waals surface area contributed by atoms with Gasteiger partial charge < -0.3 is 19.8 Å². The van der Waals surface area contributed by atoms with Crippen molar-refractivity contribution in [2.75, 3.05) is 31.6 Å². The van der Waals surface area contributed by atoms with Crippen LogP contribution in [0.4, 0.5) is 5.69 Å². The van der Waals surface area contributed by atoms with E-state index in [2.05, 4.69) is 13.2 Å². The number of nitrogens with zero attached hydrogens (tertiary/aromatic N) is 3. The van der Waals surface area contributed by atoms with Gasteiger partial charge >= 0.3 is 0 Å². The summed E-state index contributed by atoms with van der Waals surface area (Å²) in [7, 11) is 1.72. The molecule has 3 aliphatic rings. The number of likely N-dealkylation sites (tertiary alicyclic amines) is 1. The van der Waals surface area contributed by atoms with E-state index in [9.17, 15) is 19.5 Å². The van der Waals surface area contributed by atoms with Crippen LogP contribution >= 0.6 is 23.4 Å². The van der Waals surface area contributed by atoms with Crippen LogP contribution in [0.3, 0.4) is 0 Å². The Hall–Kier alpha value is -2.29. The molecule has 3 aliphatic heterocycles. The number of aliphatic hydroxyl groups is 1. The fourth-order valence-corrected chi connectivity index (χ4v) is 8.44. The Bertz CT molecular complexity index is 1050. The molecule has 1 aromatic carbocycles. The van der Waals surface area contributed by atoms with E-state index in [1.54, 1.807) is 72.0 Å². The van der Waals surface area contributed by atoms with Gasteiger partial charge in [0.25, 0.3) is 5.91 Å². The fourth-order valence-electron chi connectivity index (χ4n) is 6.01. The van der Waals surface area contributed by atoms with E-state index in [-0.39, 0.29) is 36.1 Å². The molecule has 3 fully saturated rings. The van der Waals surface area contributed by atoms with Crippen molar-refractivity contribution in [3.8, 4) is 0 Å². The number of thioether (sulfide) groups is 1. The first-order valence-electron chi connectivity index (χ1n) is 11.9. The normalized spacial score (nSPS) is 29.6. The Morgan fingerprint density at radius 2 is 1.97 bits per heavy atom. The fraction of sp³-hybridized carbons (Fsp3) is 0.500. The number of anilines is 1. The second-order valence-corrected chi connectivity index (χ2v) is 11.5. The number of benzene rings is 1. The third-order valence-corrected chi connectivity index (χ3v) is 9.77. The lowest BCUT2D eigenvalue weighted by Gasteiger charge is -2.39. The highest BCUT2D eigenvalue weighted by Gasteiger charge is 2.74. The highest BCUT2D eigenvalue weighted by Crippen LogP contribution is 2.67. The van der Waals surface area contributed by atoms with Crippen LogP contribution in [-0.4, -0.2) is 81.5 Å². The summed E-state index contributed by atoms with van der Waals surface area (Å²) in [5.74, 6) is -1.73. The molecule has 9 heteroatoms. The molecular weight excluding hydrogens is 486 g/mol. The molecule has 0 radical (unpaired) electrons. The van der Waals surface area contributed by atoms with Gasteiger partial charge in [-0.1, -0.05) is 35.9 Å². The molecule has 3 saturated heterocycles. The number of halogens is 1. The van der Waals surface area contributed by atoms with E-state index >= 15 is 0 Å². The van der Waals surface area contributed by atoms with Crippen LogP contribution in [-0.2, 0) is 14.4 Å². The van der Waals surface area contributed by atoms with E-state index in [4.69, 9.17) is 11.6 Å². The maximum absolute atomic E-state index is 14.3. The van der Waals surface area contributed by atoms with Crippen LogP contribution < -0.4 is 4.90 Å². The van der Waals surface area contributed by atoms with E-state index in [1.165, 1.54) is 4.90 Å². The van der Waals surface area contributed by atoms with E-state index in [1.807, 2.05) is 0 Å². The van der Waals surface area contributed by atoms with Crippen LogP contribution in [0.2, 0.25) is 5.02 Å². The van der Waals surface area contributed by atoms with Gasteiger partial charge in [0.1, 0.15) is 6.04 Å². The van der Waals surface area contributed by atoms with Gasteiger partial charge in [0.2, 0.25) is 11.8 Å². The summed E-state index contributed by atoms with van der Waals surface area (Å²) in [5.41, 5.74) is 0.541. The SMILES string of the molecule is C=CCN(C)C(=O)[C@@H]1[C@H]2C(=O)N([C@H](C)CO)C(C(=O)N(CC=C)c3ccccc3Cl)C23CC[C@H]1S3. The van der Waals surface area contributed by atoms with Crippen LogP contribution in [0.1, 0.15) is 19.8 Å². The highest BCUT2D eigenvalue weighted by atomic mass is 35.5. The number of para-hydroxylation sites is 1. The topological polar surface area (TPSA) is 81.2 Å². The summed E-state index contributed by atoms with van der Waals surface area (Å²) >= 11 is 8.07. The molecule has 7 nitrogen and oxygen atoms in total. The van der Waals surface area contributed by atoms with Crippen molar-refractivity contribution in [3.63, 3.8) is 0 Å². The number of likely N-dealkylation sites (N-methyl/N-ethyl adjacent to an activating group) is 1. The van der Waals surface area contributed by atoms with Gasteiger partial charge in [-0.15, -0.1) is 24.9 Å². The molecule has 3 heterocycles. The standard InChI is InChI=1S/C26H32ClN3O4S/c1-5-13-28(4)23(32)20-19-11-12-26(35-19)21(20)24(33)30(16(3)15-31)22(26)25(34)29(14-6-2)18-10-8-7-9-17(18)27/h5-10,16,19-22,31H,1-2,11-15H2,3-4H3/t16-,19-,20+,21+,22?,26?/m1/s1. The smallest absolute Gasteiger partial charge is 0.251 e. The zero-order chi connectivity index (χ0) is 25.5. The van der Waals surface area contributed by atoms with Crippen molar-refractivity contribution >= 4 is 46.8 Å². The van der Waals surface area contributed by atoms with Crippen LogP contribution in [0.15, 0.2) is 49.6 Å². The largest absolute Gasteiger partial charge is 0.394 e. The van der Waals surface area contributed by atoms with Gasteiger partial charge in [0.15, 0.2) is 0 Å². The first-order chi connectivity index (χ1) is 16.7. The molecule has 0 aliphatic carbocycles. The van der Waals surface area contributed by atoms with Crippen molar-refractivity contribution < 1.29 is 19.5 Å². The van der Waals surface area contributed by atoms with Gasteiger partial charge in [0, 0.05) is 25.4 Å². The molecule has 1 aromatic rings. The average Bonchev–Trinajstić information content (AvgIpc) is 3.49. The molecule has 35 heavy (non-hydrogen) atoms. The first-order valence-corrected chi connectivity index (χ1v) is 13.1. The second kappa shape index (κ2) is 9.99. The van der Waals surface area contributed by atoms with Crippen molar-refractivity contribution in [1.82, 2.24) is 9.80 Å². The van der Waals surface area contributed by atoms with Crippen molar-refractivity contribution in [3.05, 3.63) is 54.6 Å². The van der Waals surface area contributed by atoms with Gasteiger partial charge in [-0.2, -0.15) is 0 Å². The molecule has 0 aromatic heterocycles. The third-order valence-electron chi connectivity index (χ3n) is 7.50. The summed E-state index contributed by atoms with van der Waals surface area (Å²) in [6, 6.07) is 5.69. The summed E-state index contributed by atoms with van der Waals surface area (Å²) in [5, 5.41) is 10.4. The van der Waals surface area contributed by atoms with Crippen LogP contribution in [0, 0.1) is 11.8 Å². The lowest BCUT2D eigenvalue weighted by molar-refractivity contribution is -0.144. The monoisotopic (exact) mass is 517 g/mol. The Kier molecular flexibility index (Phi) is 7.36. The van der Waals surface area contributed by atoms with Crippen LogP contribution in [0.5, 0.6) is 0 Å². The number of hydrogen-bond donors (Lipinski definition) is 1. The number of hydrogen-bond acceptors (Lipinski definition) is 5. The zero-order valence-electron chi connectivity index (χ0n) is 20.1. The number of fused-ring (bicyclic) bond motifs is 1. The van der Waals surface area contributed by atoms with E-state index < -0.39 is 28.7 Å². The average molecular weight is 518 g/mol. The number of carbonyl (C=O) groups is 3. The minimum absolute atomic E-state index is 0.0289. The van der Waals surface area contributed by atoms with Gasteiger partial charge in [-0.05, 0) is 31.9 Å². The maximum Gasteiger partial charge on any atom is 0.251 e. The minimum Gasteiger partial charge on any atom is -0.394 e. The Morgan fingerprint density at radius 3 is 2.60 bits per heavy atom. The molecule has 4 rings (SSSR count). The molecule has 2 unspecified atom stereocenters. The Morgan fingerprint density at radius 1 is 1.29 bits per heavy atom. The highest BCUT2D eigenvalue weighted by molar-refractivity contribution is 8.02.